The molecule has 0 aromatic carbocycles. The molecule has 1 aliphatic carbocycles. The third kappa shape index (κ3) is 3.75. The Morgan fingerprint density at radius 3 is 2.96 bits per heavy atom. The van der Waals surface area contributed by atoms with Gasteiger partial charge in [0.1, 0.15) is 0 Å². The van der Waals surface area contributed by atoms with Gasteiger partial charge in [-0.1, -0.05) is 12.8 Å². The molecule has 3 aliphatic rings. The Labute approximate surface area is 150 Å². The van der Waals surface area contributed by atoms with Gasteiger partial charge in [-0.2, -0.15) is 5.10 Å². The third-order valence-electron chi connectivity index (χ3n) is 6.05. The summed E-state index contributed by atoms with van der Waals surface area (Å²) >= 11 is 0. The minimum absolute atomic E-state index is 0.271. The van der Waals surface area contributed by atoms with Crippen molar-refractivity contribution in [3.05, 3.63) is 18.0 Å². The molecule has 1 saturated carbocycles. The van der Waals surface area contributed by atoms with Crippen LogP contribution in [0, 0.1) is 6.92 Å². The van der Waals surface area contributed by atoms with Crippen LogP contribution in [0.1, 0.15) is 44.1 Å². The maximum atomic E-state index is 13.0. The van der Waals surface area contributed by atoms with E-state index in [-0.39, 0.29) is 6.10 Å². The van der Waals surface area contributed by atoms with Gasteiger partial charge in [0.25, 0.3) is 0 Å². The lowest BCUT2D eigenvalue weighted by Crippen LogP contribution is -2.57. The molecule has 3 heterocycles. The van der Waals surface area contributed by atoms with Crippen molar-refractivity contribution in [2.75, 3.05) is 26.2 Å². The molecule has 25 heavy (non-hydrogen) atoms. The van der Waals surface area contributed by atoms with Crippen molar-refractivity contribution in [1.82, 2.24) is 19.6 Å². The Bertz CT molecular complexity index is 600. The lowest BCUT2D eigenvalue weighted by Gasteiger charge is -2.44. The topological polar surface area (TPSA) is 50.6 Å². The van der Waals surface area contributed by atoms with E-state index in [2.05, 4.69) is 28.0 Å². The second kappa shape index (κ2) is 7.46. The second-order valence-corrected chi connectivity index (χ2v) is 7.85. The Hall–Kier alpha value is -1.40. The van der Waals surface area contributed by atoms with Crippen molar-refractivity contribution in [3.8, 4) is 0 Å². The SMILES string of the molecule is Cc1cnn(C[C@@H]2CCCN2CC(=O)N2CCO[C@@H]3CCCC[C@@H]32)c1. The molecule has 0 bridgehead atoms. The summed E-state index contributed by atoms with van der Waals surface area (Å²) in [5, 5.41) is 4.41. The summed E-state index contributed by atoms with van der Waals surface area (Å²) in [7, 11) is 0. The Kier molecular flexibility index (Phi) is 5.08. The van der Waals surface area contributed by atoms with Crippen LogP contribution in [0.25, 0.3) is 0 Å². The molecule has 3 atom stereocenters. The number of amides is 1. The maximum Gasteiger partial charge on any atom is 0.237 e. The first kappa shape index (κ1) is 17.0. The number of carbonyl (C=O) groups is 1. The lowest BCUT2D eigenvalue weighted by atomic mass is 9.90. The van der Waals surface area contributed by atoms with E-state index >= 15 is 0 Å². The van der Waals surface area contributed by atoms with Crippen molar-refractivity contribution >= 4 is 5.91 Å². The number of hydrogen-bond donors (Lipinski definition) is 0. The summed E-state index contributed by atoms with van der Waals surface area (Å²) in [6.45, 7) is 5.98. The predicted octanol–water partition coefficient (Wildman–Crippen LogP) is 1.83. The molecular weight excluding hydrogens is 316 g/mol. The first-order valence-electron chi connectivity index (χ1n) is 9.85. The van der Waals surface area contributed by atoms with Crippen molar-refractivity contribution in [2.24, 2.45) is 0 Å². The van der Waals surface area contributed by atoms with Gasteiger partial charge in [-0.05, 0) is 44.7 Å². The third-order valence-corrected chi connectivity index (χ3v) is 6.05. The fourth-order valence-corrected chi connectivity index (χ4v) is 4.76. The van der Waals surface area contributed by atoms with Crippen LogP contribution >= 0.6 is 0 Å². The largest absolute Gasteiger partial charge is 0.374 e. The highest BCUT2D eigenvalue weighted by molar-refractivity contribution is 5.79. The van der Waals surface area contributed by atoms with E-state index < -0.39 is 0 Å². The number of aryl methyl sites for hydroxylation is 1. The molecule has 6 nitrogen and oxygen atoms in total. The number of aromatic nitrogens is 2. The Balaban J connectivity index is 1.37. The molecule has 0 unspecified atom stereocenters. The summed E-state index contributed by atoms with van der Waals surface area (Å²) in [5.41, 5.74) is 1.19. The van der Waals surface area contributed by atoms with Gasteiger partial charge in [0.05, 0.1) is 38.0 Å². The normalized spacial score (nSPS) is 30.4. The minimum atomic E-state index is 0.271. The van der Waals surface area contributed by atoms with E-state index in [4.69, 9.17) is 4.74 Å². The van der Waals surface area contributed by atoms with E-state index in [1.165, 1.54) is 24.8 Å². The highest BCUT2D eigenvalue weighted by atomic mass is 16.5. The molecule has 1 aromatic heterocycles. The lowest BCUT2D eigenvalue weighted by molar-refractivity contribution is -0.150. The van der Waals surface area contributed by atoms with E-state index in [0.717, 1.165) is 38.9 Å². The molecule has 2 aliphatic heterocycles. The van der Waals surface area contributed by atoms with Gasteiger partial charge in [-0.25, -0.2) is 0 Å². The number of rotatable bonds is 4. The van der Waals surface area contributed by atoms with Crippen molar-refractivity contribution < 1.29 is 9.53 Å². The minimum Gasteiger partial charge on any atom is -0.374 e. The average Bonchev–Trinajstić information content (AvgIpc) is 3.23. The maximum absolute atomic E-state index is 13.0. The monoisotopic (exact) mass is 346 g/mol. The number of likely N-dealkylation sites (tertiary alicyclic amines) is 1. The Morgan fingerprint density at radius 1 is 1.24 bits per heavy atom. The van der Waals surface area contributed by atoms with Crippen LogP contribution < -0.4 is 0 Å². The zero-order valence-electron chi connectivity index (χ0n) is 15.3. The molecule has 0 radical (unpaired) electrons. The van der Waals surface area contributed by atoms with Crippen molar-refractivity contribution in [2.45, 2.75) is 70.2 Å². The molecule has 0 N–H and O–H groups in total. The van der Waals surface area contributed by atoms with Crippen LogP contribution in [0.4, 0.5) is 0 Å². The van der Waals surface area contributed by atoms with E-state index in [9.17, 15) is 4.79 Å². The summed E-state index contributed by atoms with van der Waals surface area (Å²) in [4.78, 5) is 17.5. The fourth-order valence-electron chi connectivity index (χ4n) is 4.76. The number of carbonyl (C=O) groups excluding carboxylic acids is 1. The second-order valence-electron chi connectivity index (χ2n) is 7.85. The first-order valence-corrected chi connectivity index (χ1v) is 9.85. The molecule has 4 rings (SSSR count). The van der Waals surface area contributed by atoms with Crippen LogP contribution in [-0.2, 0) is 16.1 Å². The van der Waals surface area contributed by atoms with Crippen LogP contribution in [0.15, 0.2) is 12.4 Å². The average molecular weight is 346 g/mol. The van der Waals surface area contributed by atoms with Crippen molar-refractivity contribution in [1.29, 1.82) is 0 Å². The highest BCUT2D eigenvalue weighted by Gasteiger charge is 2.38. The summed E-state index contributed by atoms with van der Waals surface area (Å²) in [5.74, 6) is 0.295. The van der Waals surface area contributed by atoms with Gasteiger partial charge in [0.15, 0.2) is 0 Å². The van der Waals surface area contributed by atoms with Crippen molar-refractivity contribution in [3.63, 3.8) is 0 Å². The van der Waals surface area contributed by atoms with E-state index in [1.807, 2.05) is 10.9 Å². The predicted molar refractivity (Wildman–Crippen MR) is 95.3 cm³/mol. The molecule has 0 spiro atoms. The Morgan fingerprint density at radius 2 is 2.12 bits per heavy atom. The summed E-state index contributed by atoms with van der Waals surface area (Å²) in [6.07, 6.45) is 11.3. The number of ether oxygens (including phenoxy) is 1. The number of nitrogens with zero attached hydrogens (tertiary/aromatic N) is 4. The highest BCUT2D eigenvalue weighted by Crippen LogP contribution is 2.29. The zero-order valence-corrected chi connectivity index (χ0v) is 15.3. The number of morpholine rings is 1. The van der Waals surface area contributed by atoms with Gasteiger partial charge in [0.2, 0.25) is 5.91 Å². The van der Waals surface area contributed by atoms with Gasteiger partial charge in [0, 0.05) is 18.8 Å². The summed E-state index contributed by atoms with van der Waals surface area (Å²) in [6, 6.07) is 0.733. The van der Waals surface area contributed by atoms with Crippen LogP contribution in [0.5, 0.6) is 0 Å². The molecule has 6 heteroatoms. The van der Waals surface area contributed by atoms with Gasteiger partial charge in [-0.3, -0.25) is 14.4 Å². The molecule has 3 fully saturated rings. The van der Waals surface area contributed by atoms with Gasteiger partial charge >= 0.3 is 0 Å². The van der Waals surface area contributed by atoms with Crippen LogP contribution in [0.3, 0.4) is 0 Å². The van der Waals surface area contributed by atoms with Gasteiger partial charge in [-0.15, -0.1) is 0 Å². The molecule has 2 saturated heterocycles. The molecule has 1 amide bonds. The first-order chi connectivity index (χ1) is 12.2. The molecule has 1 aromatic rings. The van der Waals surface area contributed by atoms with Crippen LogP contribution in [0.2, 0.25) is 0 Å². The fraction of sp³-hybridized carbons (Fsp3) is 0.789. The molecular formula is C19H30N4O2. The van der Waals surface area contributed by atoms with E-state index in [0.29, 0.717) is 31.1 Å². The molecule has 138 valence electrons. The van der Waals surface area contributed by atoms with Crippen LogP contribution in [-0.4, -0.2) is 69.9 Å². The zero-order chi connectivity index (χ0) is 17.2. The number of fused-ring (bicyclic) bond motifs is 1. The standard InChI is InChI=1S/C19H30N4O2/c1-15-11-20-22(12-15)13-16-5-4-8-21(16)14-19(24)23-9-10-25-18-7-3-2-6-17(18)23/h11-12,16-18H,2-10,13-14H2,1H3/t16-,17-,18+/m0/s1. The van der Waals surface area contributed by atoms with Gasteiger partial charge < -0.3 is 9.64 Å². The number of hydrogen-bond acceptors (Lipinski definition) is 4. The smallest absolute Gasteiger partial charge is 0.237 e. The van der Waals surface area contributed by atoms with E-state index in [1.54, 1.807) is 0 Å². The quantitative estimate of drug-likeness (QED) is 0.835. The summed E-state index contributed by atoms with van der Waals surface area (Å²) < 4.78 is 7.94.